The number of carbonyl (C=O) groups excluding carboxylic acids is 2. The van der Waals surface area contributed by atoms with Crippen molar-refractivity contribution in [3.05, 3.63) is 54.1 Å². The van der Waals surface area contributed by atoms with Crippen molar-refractivity contribution in [2.45, 2.75) is 25.8 Å². The van der Waals surface area contributed by atoms with Gasteiger partial charge in [-0.1, -0.05) is 18.2 Å². The van der Waals surface area contributed by atoms with E-state index in [4.69, 9.17) is 0 Å². The van der Waals surface area contributed by atoms with E-state index in [0.29, 0.717) is 17.3 Å². The Morgan fingerprint density at radius 3 is 2.45 bits per heavy atom. The Hall–Kier alpha value is -2.36. The van der Waals surface area contributed by atoms with E-state index in [-0.39, 0.29) is 11.8 Å². The summed E-state index contributed by atoms with van der Waals surface area (Å²) in [6.45, 7) is 1.88. The predicted molar refractivity (Wildman–Crippen MR) is 79.5 cm³/mol. The Bertz CT molecular complexity index is 540. The van der Waals surface area contributed by atoms with Gasteiger partial charge in [-0.3, -0.25) is 9.59 Å². The minimum atomic E-state index is -0.196. The average molecular weight is 270 g/mol. The van der Waals surface area contributed by atoms with E-state index >= 15 is 0 Å². The number of amides is 2. The Labute approximate surface area is 118 Å². The molecule has 0 aliphatic heterocycles. The highest BCUT2D eigenvalue weighted by Gasteiger charge is 2.23. The molecule has 1 aromatic carbocycles. The van der Waals surface area contributed by atoms with Crippen LogP contribution in [0, 0.1) is 0 Å². The van der Waals surface area contributed by atoms with Crippen LogP contribution in [0.3, 0.4) is 0 Å². The number of rotatable bonds is 5. The quantitative estimate of drug-likeness (QED) is 0.638. The summed E-state index contributed by atoms with van der Waals surface area (Å²) in [7, 11) is 0. The molecule has 0 saturated heterocycles. The Morgan fingerprint density at radius 1 is 1.15 bits per heavy atom. The lowest BCUT2D eigenvalue weighted by molar-refractivity contribution is -0.111. The summed E-state index contributed by atoms with van der Waals surface area (Å²) in [5.41, 5.74) is 1.28. The highest BCUT2D eigenvalue weighted by molar-refractivity contribution is 6.00. The third-order valence-electron chi connectivity index (χ3n) is 2.88. The SMILES string of the molecule is CC=CC=CC(=O)Nc1ccc(C(=O)NC2CC2)cc1. The third-order valence-corrected chi connectivity index (χ3v) is 2.88. The molecular weight excluding hydrogens is 252 g/mol. The molecular formula is C16H18N2O2. The molecule has 1 aliphatic rings. The lowest BCUT2D eigenvalue weighted by Gasteiger charge is -2.05. The predicted octanol–water partition coefficient (Wildman–Crippen LogP) is 2.65. The molecule has 1 saturated carbocycles. The zero-order chi connectivity index (χ0) is 14.4. The average Bonchev–Trinajstić information content (AvgIpc) is 3.24. The van der Waals surface area contributed by atoms with Gasteiger partial charge in [0.15, 0.2) is 0 Å². The van der Waals surface area contributed by atoms with E-state index in [1.165, 1.54) is 6.08 Å². The van der Waals surface area contributed by atoms with Crippen LogP contribution in [-0.4, -0.2) is 17.9 Å². The van der Waals surface area contributed by atoms with Crippen molar-refractivity contribution >= 4 is 17.5 Å². The summed E-state index contributed by atoms with van der Waals surface area (Å²) in [6, 6.07) is 7.22. The molecule has 1 aromatic rings. The van der Waals surface area contributed by atoms with Gasteiger partial charge in [-0.15, -0.1) is 0 Å². The van der Waals surface area contributed by atoms with E-state index in [9.17, 15) is 9.59 Å². The molecule has 0 aromatic heterocycles. The van der Waals surface area contributed by atoms with Crippen LogP contribution >= 0.6 is 0 Å². The Balaban J connectivity index is 1.90. The zero-order valence-corrected chi connectivity index (χ0v) is 11.4. The van der Waals surface area contributed by atoms with Crippen LogP contribution in [0.25, 0.3) is 0 Å². The number of benzene rings is 1. The largest absolute Gasteiger partial charge is 0.349 e. The lowest BCUT2D eigenvalue weighted by atomic mass is 10.2. The van der Waals surface area contributed by atoms with Crippen molar-refractivity contribution in [2.24, 2.45) is 0 Å². The monoisotopic (exact) mass is 270 g/mol. The van der Waals surface area contributed by atoms with Crippen molar-refractivity contribution in [2.75, 3.05) is 5.32 Å². The van der Waals surface area contributed by atoms with Gasteiger partial charge in [0.05, 0.1) is 0 Å². The van der Waals surface area contributed by atoms with Crippen LogP contribution < -0.4 is 10.6 Å². The van der Waals surface area contributed by atoms with Gasteiger partial charge >= 0.3 is 0 Å². The summed E-state index contributed by atoms with van der Waals surface area (Å²) < 4.78 is 0. The van der Waals surface area contributed by atoms with Gasteiger partial charge in [0.1, 0.15) is 0 Å². The normalized spacial score (nSPS) is 14.7. The van der Waals surface area contributed by atoms with E-state index in [1.807, 2.05) is 13.0 Å². The summed E-state index contributed by atoms with van der Waals surface area (Å²) in [5.74, 6) is -0.253. The smallest absolute Gasteiger partial charge is 0.251 e. The van der Waals surface area contributed by atoms with Crippen LogP contribution in [-0.2, 0) is 4.79 Å². The van der Waals surface area contributed by atoms with E-state index < -0.39 is 0 Å². The summed E-state index contributed by atoms with van der Waals surface area (Å²) in [5, 5.41) is 5.65. The fourth-order valence-corrected chi connectivity index (χ4v) is 1.64. The molecule has 0 radical (unpaired) electrons. The van der Waals surface area contributed by atoms with Gasteiger partial charge in [0.25, 0.3) is 5.91 Å². The molecule has 0 bridgehead atoms. The van der Waals surface area contributed by atoms with Gasteiger partial charge in [-0.2, -0.15) is 0 Å². The van der Waals surface area contributed by atoms with Gasteiger partial charge in [0.2, 0.25) is 5.91 Å². The fraction of sp³-hybridized carbons (Fsp3) is 0.250. The molecule has 0 unspecified atom stereocenters. The molecule has 0 spiro atoms. The Morgan fingerprint density at radius 2 is 1.85 bits per heavy atom. The van der Waals surface area contributed by atoms with Gasteiger partial charge in [-0.05, 0) is 44.0 Å². The molecule has 0 atom stereocenters. The highest BCUT2D eigenvalue weighted by Crippen LogP contribution is 2.19. The first-order valence-electron chi connectivity index (χ1n) is 6.70. The molecule has 1 fully saturated rings. The molecule has 104 valence electrons. The number of hydrogen-bond donors (Lipinski definition) is 2. The van der Waals surface area contributed by atoms with Crippen LogP contribution in [0.1, 0.15) is 30.1 Å². The third kappa shape index (κ3) is 4.39. The number of allylic oxidation sites excluding steroid dienone is 3. The maximum absolute atomic E-state index is 11.8. The van der Waals surface area contributed by atoms with Crippen molar-refractivity contribution < 1.29 is 9.59 Å². The Kier molecular flexibility index (Phi) is 4.71. The molecule has 2 rings (SSSR count). The lowest BCUT2D eigenvalue weighted by Crippen LogP contribution is -2.25. The van der Waals surface area contributed by atoms with Gasteiger partial charge in [-0.25, -0.2) is 0 Å². The molecule has 20 heavy (non-hydrogen) atoms. The first-order valence-corrected chi connectivity index (χ1v) is 6.70. The molecule has 0 heterocycles. The molecule has 4 heteroatoms. The van der Waals surface area contributed by atoms with E-state index in [0.717, 1.165) is 12.8 Å². The maximum Gasteiger partial charge on any atom is 0.251 e. The van der Waals surface area contributed by atoms with Crippen LogP contribution in [0.5, 0.6) is 0 Å². The second kappa shape index (κ2) is 6.70. The maximum atomic E-state index is 11.8. The van der Waals surface area contributed by atoms with Crippen LogP contribution in [0.4, 0.5) is 5.69 Å². The second-order valence-electron chi connectivity index (χ2n) is 4.70. The van der Waals surface area contributed by atoms with Crippen LogP contribution in [0.15, 0.2) is 48.6 Å². The standard InChI is InChI=1S/C16H18N2O2/c1-2-3-4-5-15(19)17-13-8-6-12(7-9-13)16(20)18-14-10-11-14/h2-9,14H,10-11H2,1H3,(H,17,19)(H,18,20). The number of hydrogen-bond acceptors (Lipinski definition) is 2. The summed E-state index contributed by atoms with van der Waals surface area (Å²) in [4.78, 5) is 23.3. The van der Waals surface area contributed by atoms with Crippen molar-refractivity contribution in [3.8, 4) is 0 Å². The number of carbonyl (C=O) groups is 2. The minimum Gasteiger partial charge on any atom is -0.349 e. The first kappa shape index (κ1) is 14.1. The van der Waals surface area contributed by atoms with E-state index in [1.54, 1.807) is 36.4 Å². The minimum absolute atomic E-state index is 0.0571. The molecule has 2 N–H and O–H groups in total. The van der Waals surface area contributed by atoms with Crippen molar-refractivity contribution in [1.29, 1.82) is 0 Å². The zero-order valence-electron chi connectivity index (χ0n) is 11.4. The second-order valence-corrected chi connectivity index (χ2v) is 4.70. The van der Waals surface area contributed by atoms with Crippen LogP contribution in [0.2, 0.25) is 0 Å². The molecule has 2 amide bonds. The number of anilines is 1. The van der Waals surface area contributed by atoms with Gasteiger partial charge < -0.3 is 10.6 Å². The van der Waals surface area contributed by atoms with Crippen molar-refractivity contribution in [3.63, 3.8) is 0 Å². The van der Waals surface area contributed by atoms with Crippen molar-refractivity contribution in [1.82, 2.24) is 5.32 Å². The molecule has 1 aliphatic carbocycles. The summed E-state index contributed by atoms with van der Waals surface area (Å²) in [6.07, 6.45) is 8.89. The summed E-state index contributed by atoms with van der Waals surface area (Å²) >= 11 is 0. The van der Waals surface area contributed by atoms with E-state index in [2.05, 4.69) is 10.6 Å². The number of nitrogens with one attached hydrogen (secondary N) is 2. The molecule has 4 nitrogen and oxygen atoms in total. The first-order chi connectivity index (χ1) is 9.69. The highest BCUT2D eigenvalue weighted by atomic mass is 16.2. The fourth-order valence-electron chi connectivity index (χ4n) is 1.64. The van der Waals surface area contributed by atoms with Gasteiger partial charge in [0, 0.05) is 23.4 Å². The topological polar surface area (TPSA) is 58.2 Å².